The fraction of sp³-hybridized carbons (Fsp3) is 0.522. The molecule has 3 rings (SSSR count). The minimum absolute atomic E-state index is 0.0987. The molecule has 1 aliphatic carbocycles. The van der Waals surface area contributed by atoms with Crippen LogP contribution in [0.1, 0.15) is 42.6 Å². The maximum Gasteiger partial charge on any atom is 0.341 e. The molecule has 1 aromatic carbocycles. The van der Waals surface area contributed by atoms with Gasteiger partial charge in [-0.25, -0.2) is 4.79 Å². The SMILES string of the molecule is CC(=O)CCOCCOCCNc1cc2c(=O)c(C(=O)O)cn(C3CC3)c2cc1N(C)C. The van der Waals surface area contributed by atoms with Crippen molar-refractivity contribution in [2.45, 2.75) is 32.2 Å². The number of ether oxygens (including phenoxy) is 2. The third-order valence-corrected chi connectivity index (χ3v) is 5.33. The van der Waals surface area contributed by atoms with Gasteiger partial charge in [-0.2, -0.15) is 0 Å². The highest BCUT2D eigenvalue weighted by Gasteiger charge is 2.27. The highest BCUT2D eigenvalue weighted by molar-refractivity contribution is 5.96. The average Bonchev–Trinajstić information content (AvgIpc) is 3.57. The molecule has 9 heteroatoms. The number of carboxylic acid groups (broad SMARTS) is 1. The van der Waals surface area contributed by atoms with Crippen molar-refractivity contribution >= 4 is 34.0 Å². The molecule has 0 atom stereocenters. The van der Waals surface area contributed by atoms with Crippen LogP contribution in [0.4, 0.5) is 11.4 Å². The molecule has 1 saturated carbocycles. The smallest absolute Gasteiger partial charge is 0.341 e. The van der Waals surface area contributed by atoms with Gasteiger partial charge in [-0.15, -0.1) is 0 Å². The van der Waals surface area contributed by atoms with E-state index < -0.39 is 11.4 Å². The highest BCUT2D eigenvalue weighted by Crippen LogP contribution is 2.39. The standard InChI is InChI=1S/C23H31N3O6/c1-15(27)6-8-31-10-11-32-9-7-24-19-12-17-20(13-21(19)25(2)3)26(16-4-5-16)14-18(22(17)28)23(29)30/h12-14,16,24H,4-11H2,1-3H3,(H,29,30). The van der Waals surface area contributed by atoms with E-state index in [1.165, 1.54) is 13.1 Å². The number of carboxylic acids is 1. The summed E-state index contributed by atoms with van der Waals surface area (Å²) < 4.78 is 12.8. The van der Waals surface area contributed by atoms with Crippen molar-refractivity contribution in [3.63, 3.8) is 0 Å². The largest absolute Gasteiger partial charge is 0.477 e. The molecule has 0 saturated heterocycles. The number of Topliss-reactive ketones (excluding diaryl/α,β-unsaturated/α-hetero) is 1. The van der Waals surface area contributed by atoms with Crippen LogP contribution in [0.15, 0.2) is 23.1 Å². The normalized spacial score (nSPS) is 13.3. The number of aromatic carboxylic acids is 1. The number of fused-ring (bicyclic) bond motifs is 1. The fourth-order valence-electron chi connectivity index (χ4n) is 3.50. The summed E-state index contributed by atoms with van der Waals surface area (Å²) in [5.74, 6) is -1.11. The maximum atomic E-state index is 12.8. The van der Waals surface area contributed by atoms with Crippen molar-refractivity contribution in [1.29, 1.82) is 0 Å². The van der Waals surface area contributed by atoms with Gasteiger partial charge in [0.05, 0.1) is 43.3 Å². The van der Waals surface area contributed by atoms with E-state index in [0.717, 1.165) is 29.7 Å². The second kappa shape index (κ2) is 10.6. The first-order valence-electron chi connectivity index (χ1n) is 10.8. The number of carbonyl (C=O) groups excluding carboxylic acids is 1. The Morgan fingerprint density at radius 3 is 2.44 bits per heavy atom. The van der Waals surface area contributed by atoms with Crippen LogP contribution in [0.25, 0.3) is 10.9 Å². The zero-order valence-electron chi connectivity index (χ0n) is 18.8. The minimum atomic E-state index is -1.21. The lowest BCUT2D eigenvalue weighted by atomic mass is 10.1. The number of carbonyl (C=O) groups is 2. The molecule has 2 aromatic rings. The molecule has 1 fully saturated rings. The number of nitrogens with zero attached hydrogens (tertiary/aromatic N) is 2. The number of aromatic nitrogens is 1. The van der Waals surface area contributed by atoms with Crippen LogP contribution in [-0.2, 0) is 14.3 Å². The summed E-state index contributed by atoms with van der Waals surface area (Å²) >= 11 is 0. The molecule has 0 amide bonds. The van der Waals surface area contributed by atoms with Crippen molar-refractivity contribution in [3.8, 4) is 0 Å². The summed E-state index contributed by atoms with van der Waals surface area (Å²) in [6.45, 7) is 3.72. The monoisotopic (exact) mass is 445 g/mol. The van der Waals surface area contributed by atoms with E-state index in [0.29, 0.717) is 44.8 Å². The summed E-state index contributed by atoms with van der Waals surface area (Å²) in [5.41, 5.74) is 1.71. The zero-order chi connectivity index (χ0) is 23.3. The number of hydrogen-bond donors (Lipinski definition) is 2. The van der Waals surface area contributed by atoms with Gasteiger partial charge in [0.25, 0.3) is 0 Å². The number of anilines is 2. The Morgan fingerprint density at radius 2 is 1.84 bits per heavy atom. The summed E-state index contributed by atoms with van der Waals surface area (Å²) in [4.78, 5) is 37.3. The van der Waals surface area contributed by atoms with Crippen LogP contribution in [0, 0.1) is 0 Å². The third kappa shape index (κ3) is 5.86. The van der Waals surface area contributed by atoms with E-state index in [-0.39, 0.29) is 17.4 Å². The number of benzene rings is 1. The molecule has 174 valence electrons. The lowest BCUT2D eigenvalue weighted by molar-refractivity contribution is -0.118. The number of hydrogen-bond acceptors (Lipinski definition) is 7. The Bertz CT molecular complexity index is 1040. The molecule has 0 bridgehead atoms. The Balaban J connectivity index is 1.71. The summed E-state index contributed by atoms with van der Waals surface area (Å²) in [6, 6.07) is 3.91. The first-order valence-corrected chi connectivity index (χ1v) is 10.8. The lowest BCUT2D eigenvalue weighted by Gasteiger charge is -2.21. The van der Waals surface area contributed by atoms with E-state index in [9.17, 15) is 19.5 Å². The van der Waals surface area contributed by atoms with Gasteiger partial charge in [0.2, 0.25) is 5.43 Å². The van der Waals surface area contributed by atoms with Gasteiger partial charge in [0.15, 0.2) is 0 Å². The topological polar surface area (TPSA) is 110 Å². The van der Waals surface area contributed by atoms with Gasteiger partial charge >= 0.3 is 5.97 Å². The number of pyridine rings is 1. The van der Waals surface area contributed by atoms with E-state index in [2.05, 4.69) is 5.32 Å². The number of ketones is 1. The molecule has 2 N–H and O–H groups in total. The van der Waals surface area contributed by atoms with Crippen molar-refractivity contribution in [2.24, 2.45) is 0 Å². The Kier molecular flexibility index (Phi) is 7.87. The van der Waals surface area contributed by atoms with Crippen LogP contribution < -0.4 is 15.6 Å². The van der Waals surface area contributed by atoms with E-state index >= 15 is 0 Å². The summed E-state index contributed by atoms with van der Waals surface area (Å²) in [5, 5.41) is 13.2. The molecule has 1 heterocycles. The van der Waals surface area contributed by atoms with Crippen molar-refractivity contribution in [2.75, 3.05) is 57.3 Å². The lowest BCUT2D eigenvalue weighted by Crippen LogP contribution is -2.21. The quantitative estimate of drug-likeness (QED) is 0.453. The second-order valence-corrected chi connectivity index (χ2v) is 8.20. The Hall–Kier alpha value is -2.91. The molecule has 0 unspecified atom stereocenters. The van der Waals surface area contributed by atoms with Gasteiger partial charge in [0.1, 0.15) is 11.3 Å². The molecule has 1 aromatic heterocycles. The van der Waals surface area contributed by atoms with Gasteiger partial charge in [0, 0.05) is 44.7 Å². The molecular weight excluding hydrogens is 414 g/mol. The highest BCUT2D eigenvalue weighted by atomic mass is 16.5. The molecule has 32 heavy (non-hydrogen) atoms. The Morgan fingerprint density at radius 1 is 1.16 bits per heavy atom. The zero-order valence-corrected chi connectivity index (χ0v) is 18.8. The predicted molar refractivity (Wildman–Crippen MR) is 123 cm³/mol. The predicted octanol–water partition coefficient (Wildman–Crippen LogP) is 2.52. The first kappa shape index (κ1) is 23.7. The molecule has 9 nitrogen and oxygen atoms in total. The van der Waals surface area contributed by atoms with E-state index in [1.54, 1.807) is 6.07 Å². The maximum absolute atomic E-state index is 12.8. The van der Waals surface area contributed by atoms with Gasteiger partial charge in [-0.3, -0.25) is 9.59 Å². The molecule has 1 aliphatic rings. The van der Waals surface area contributed by atoms with Gasteiger partial charge < -0.3 is 29.4 Å². The summed E-state index contributed by atoms with van der Waals surface area (Å²) in [6.07, 6.45) is 3.83. The second-order valence-electron chi connectivity index (χ2n) is 8.20. The average molecular weight is 446 g/mol. The van der Waals surface area contributed by atoms with E-state index in [4.69, 9.17) is 9.47 Å². The van der Waals surface area contributed by atoms with E-state index in [1.807, 2.05) is 29.6 Å². The van der Waals surface area contributed by atoms with Crippen LogP contribution in [0.3, 0.4) is 0 Å². The number of nitrogens with one attached hydrogen (secondary N) is 1. The van der Waals surface area contributed by atoms with Crippen LogP contribution in [0.5, 0.6) is 0 Å². The van der Waals surface area contributed by atoms with Gasteiger partial charge in [-0.1, -0.05) is 0 Å². The molecular formula is C23H31N3O6. The van der Waals surface area contributed by atoms with Crippen LogP contribution in [0.2, 0.25) is 0 Å². The van der Waals surface area contributed by atoms with Crippen molar-refractivity contribution in [3.05, 3.63) is 34.1 Å². The van der Waals surface area contributed by atoms with Crippen molar-refractivity contribution < 1.29 is 24.2 Å². The molecule has 0 aliphatic heterocycles. The number of rotatable bonds is 13. The van der Waals surface area contributed by atoms with Gasteiger partial charge in [-0.05, 0) is 31.9 Å². The molecule has 0 radical (unpaired) electrons. The van der Waals surface area contributed by atoms with Crippen LogP contribution >= 0.6 is 0 Å². The third-order valence-electron chi connectivity index (χ3n) is 5.33. The van der Waals surface area contributed by atoms with Crippen molar-refractivity contribution in [1.82, 2.24) is 4.57 Å². The molecule has 0 spiro atoms. The Labute approximate surface area is 186 Å². The minimum Gasteiger partial charge on any atom is -0.477 e. The van der Waals surface area contributed by atoms with Crippen LogP contribution in [-0.4, -0.2) is 68.5 Å². The fourth-order valence-corrected chi connectivity index (χ4v) is 3.50. The summed E-state index contributed by atoms with van der Waals surface area (Å²) in [7, 11) is 3.85. The first-order chi connectivity index (χ1) is 15.3.